The SMILES string of the molecule is CCCCCCCCC(=O)CN1CCNCC1. The molecular weight excluding hydrogens is 212 g/mol. The zero-order chi connectivity index (χ0) is 12.3. The number of nitrogens with one attached hydrogen (secondary N) is 1. The Kier molecular flexibility index (Phi) is 8.28. The Morgan fingerprint density at radius 2 is 1.71 bits per heavy atom. The maximum atomic E-state index is 11.7. The minimum Gasteiger partial charge on any atom is -0.314 e. The molecule has 3 nitrogen and oxygen atoms in total. The summed E-state index contributed by atoms with van der Waals surface area (Å²) >= 11 is 0. The number of carbonyl (C=O) groups excluding carboxylic acids is 1. The quantitative estimate of drug-likeness (QED) is 0.627. The summed E-state index contributed by atoms with van der Waals surface area (Å²) in [5.74, 6) is 0.433. The maximum absolute atomic E-state index is 11.7. The molecule has 1 aliphatic heterocycles. The number of rotatable bonds is 9. The van der Waals surface area contributed by atoms with Crippen LogP contribution in [0.4, 0.5) is 0 Å². The summed E-state index contributed by atoms with van der Waals surface area (Å²) in [6.45, 7) is 7.03. The van der Waals surface area contributed by atoms with Crippen molar-refractivity contribution >= 4 is 5.78 Å². The Morgan fingerprint density at radius 1 is 1.06 bits per heavy atom. The second-order valence-corrected chi connectivity index (χ2v) is 5.08. The largest absolute Gasteiger partial charge is 0.314 e. The van der Waals surface area contributed by atoms with Gasteiger partial charge in [-0.05, 0) is 6.42 Å². The van der Waals surface area contributed by atoms with Gasteiger partial charge in [0.25, 0.3) is 0 Å². The van der Waals surface area contributed by atoms with Gasteiger partial charge < -0.3 is 5.32 Å². The Bertz CT molecular complexity index is 200. The molecule has 1 aliphatic rings. The van der Waals surface area contributed by atoms with Gasteiger partial charge in [0.15, 0.2) is 0 Å². The van der Waals surface area contributed by atoms with Crippen LogP contribution in [0.15, 0.2) is 0 Å². The molecule has 0 amide bonds. The van der Waals surface area contributed by atoms with Crippen molar-refractivity contribution in [3.05, 3.63) is 0 Å². The number of hydrogen-bond acceptors (Lipinski definition) is 3. The normalized spacial score (nSPS) is 17.2. The van der Waals surface area contributed by atoms with E-state index in [-0.39, 0.29) is 0 Å². The number of piperazine rings is 1. The summed E-state index contributed by atoms with van der Waals surface area (Å²) in [7, 11) is 0. The lowest BCUT2D eigenvalue weighted by atomic mass is 10.1. The molecule has 1 fully saturated rings. The van der Waals surface area contributed by atoms with Gasteiger partial charge in [0.1, 0.15) is 5.78 Å². The van der Waals surface area contributed by atoms with Crippen LogP contribution in [0.2, 0.25) is 0 Å². The van der Waals surface area contributed by atoms with Crippen LogP contribution in [0, 0.1) is 0 Å². The summed E-state index contributed by atoms with van der Waals surface area (Å²) in [6.07, 6.45) is 8.38. The third-order valence-corrected chi connectivity index (χ3v) is 3.42. The number of ketones is 1. The number of carbonyl (C=O) groups is 1. The highest BCUT2D eigenvalue weighted by Crippen LogP contribution is 2.07. The van der Waals surface area contributed by atoms with Crippen molar-refractivity contribution in [1.82, 2.24) is 10.2 Å². The molecule has 1 heterocycles. The average molecular weight is 240 g/mol. The van der Waals surface area contributed by atoms with Gasteiger partial charge in [0.2, 0.25) is 0 Å². The first-order valence-electron chi connectivity index (χ1n) is 7.27. The number of Topliss-reactive ketones (excluding diaryl/α,β-unsaturated/α-hetero) is 1. The minimum absolute atomic E-state index is 0.433. The fraction of sp³-hybridized carbons (Fsp3) is 0.929. The third kappa shape index (κ3) is 7.50. The number of unbranched alkanes of at least 4 members (excludes halogenated alkanes) is 5. The molecule has 0 aromatic rings. The molecule has 1 rings (SSSR count). The molecule has 0 saturated carbocycles. The third-order valence-electron chi connectivity index (χ3n) is 3.42. The van der Waals surface area contributed by atoms with E-state index in [1.807, 2.05) is 0 Å². The molecule has 0 aliphatic carbocycles. The molecule has 0 radical (unpaired) electrons. The highest BCUT2D eigenvalue weighted by atomic mass is 16.1. The molecule has 0 spiro atoms. The highest BCUT2D eigenvalue weighted by Gasteiger charge is 2.12. The zero-order valence-corrected chi connectivity index (χ0v) is 11.3. The highest BCUT2D eigenvalue weighted by molar-refractivity contribution is 5.80. The predicted molar refractivity (Wildman–Crippen MR) is 72.3 cm³/mol. The van der Waals surface area contributed by atoms with E-state index in [1.54, 1.807) is 0 Å². The van der Waals surface area contributed by atoms with Gasteiger partial charge in [-0.1, -0.05) is 39.0 Å². The van der Waals surface area contributed by atoms with E-state index in [0.717, 1.165) is 39.0 Å². The van der Waals surface area contributed by atoms with Gasteiger partial charge in [-0.2, -0.15) is 0 Å². The number of nitrogens with zero attached hydrogens (tertiary/aromatic N) is 1. The van der Waals surface area contributed by atoms with Crippen LogP contribution in [0.5, 0.6) is 0 Å². The molecule has 3 heteroatoms. The van der Waals surface area contributed by atoms with E-state index < -0.39 is 0 Å². The molecule has 0 atom stereocenters. The lowest BCUT2D eigenvalue weighted by molar-refractivity contribution is -0.120. The molecule has 0 unspecified atom stereocenters. The van der Waals surface area contributed by atoms with E-state index in [2.05, 4.69) is 17.1 Å². The summed E-state index contributed by atoms with van der Waals surface area (Å²) < 4.78 is 0. The van der Waals surface area contributed by atoms with Crippen LogP contribution in [0.25, 0.3) is 0 Å². The maximum Gasteiger partial charge on any atom is 0.146 e. The monoisotopic (exact) mass is 240 g/mol. The smallest absolute Gasteiger partial charge is 0.146 e. The van der Waals surface area contributed by atoms with Crippen molar-refractivity contribution < 1.29 is 4.79 Å². The first-order chi connectivity index (χ1) is 8.33. The second-order valence-electron chi connectivity index (χ2n) is 5.08. The topological polar surface area (TPSA) is 32.3 Å². The van der Waals surface area contributed by atoms with Crippen molar-refractivity contribution in [3.8, 4) is 0 Å². The fourth-order valence-corrected chi connectivity index (χ4v) is 2.30. The van der Waals surface area contributed by atoms with E-state index in [4.69, 9.17) is 0 Å². The first kappa shape index (κ1) is 14.7. The van der Waals surface area contributed by atoms with Crippen LogP contribution in [-0.4, -0.2) is 43.4 Å². The predicted octanol–water partition coefficient (Wildman–Crippen LogP) is 2.21. The van der Waals surface area contributed by atoms with Crippen molar-refractivity contribution in [2.24, 2.45) is 0 Å². The molecule has 0 aromatic heterocycles. The molecule has 0 bridgehead atoms. The fourth-order valence-electron chi connectivity index (χ4n) is 2.30. The lowest BCUT2D eigenvalue weighted by Crippen LogP contribution is -2.45. The first-order valence-corrected chi connectivity index (χ1v) is 7.27. The summed E-state index contributed by atoms with van der Waals surface area (Å²) in [5.41, 5.74) is 0. The molecule has 1 saturated heterocycles. The van der Waals surface area contributed by atoms with Crippen molar-refractivity contribution in [2.45, 2.75) is 51.9 Å². The Balaban J connectivity index is 1.93. The molecule has 1 N–H and O–H groups in total. The molecule has 0 aromatic carbocycles. The van der Waals surface area contributed by atoms with Crippen LogP contribution < -0.4 is 5.32 Å². The van der Waals surface area contributed by atoms with Gasteiger partial charge >= 0.3 is 0 Å². The van der Waals surface area contributed by atoms with E-state index in [0.29, 0.717) is 12.3 Å². The standard InChI is InChI=1S/C14H28N2O/c1-2-3-4-5-6-7-8-14(17)13-16-11-9-15-10-12-16/h15H,2-13H2,1H3. The summed E-state index contributed by atoms with van der Waals surface area (Å²) in [6, 6.07) is 0. The van der Waals surface area contributed by atoms with E-state index in [9.17, 15) is 4.79 Å². The van der Waals surface area contributed by atoms with Crippen molar-refractivity contribution in [1.29, 1.82) is 0 Å². The van der Waals surface area contributed by atoms with Gasteiger partial charge in [0, 0.05) is 32.6 Å². The van der Waals surface area contributed by atoms with Crippen LogP contribution in [0.1, 0.15) is 51.9 Å². The van der Waals surface area contributed by atoms with Gasteiger partial charge in [-0.15, -0.1) is 0 Å². The summed E-state index contributed by atoms with van der Waals surface area (Å²) in [4.78, 5) is 14.0. The van der Waals surface area contributed by atoms with E-state index >= 15 is 0 Å². The van der Waals surface area contributed by atoms with Crippen LogP contribution in [-0.2, 0) is 4.79 Å². The molecule has 17 heavy (non-hydrogen) atoms. The Labute approximate surface area is 106 Å². The Hall–Kier alpha value is -0.410. The molecule has 100 valence electrons. The van der Waals surface area contributed by atoms with Crippen LogP contribution >= 0.6 is 0 Å². The van der Waals surface area contributed by atoms with Crippen molar-refractivity contribution in [2.75, 3.05) is 32.7 Å². The average Bonchev–Trinajstić information content (AvgIpc) is 2.35. The minimum atomic E-state index is 0.433. The number of hydrogen-bond donors (Lipinski definition) is 1. The van der Waals surface area contributed by atoms with Gasteiger partial charge in [0.05, 0.1) is 6.54 Å². The second kappa shape index (κ2) is 9.60. The van der Waals surface area contributed by atoms with Gasteiger partial charge in [-0.3, -0.25) is 9.69 Å². The van der Waals surface area contributed by atoms with Crippen molar-refractivity contribution in [3.63, 3.8) is 0 Å². The molecular formula is C14H28N2O. The lowest BCUT2D eigenvalue weighted by Gasteiger charge is -2.26. The Morgan fingerprint density at radius 3 is 2.41 bits per heavy atom. The zero-order valence-electron chi connectivity index (χ0n) is 11.3. The summed E-state index contributed by atoms with van der Waals surface area (Å²) in [5, 5.41) is 3.31. The van der Waals surface area contributed by atoms with Crippen LogP contribution in [0.3, 0.4) is 0 Å². The van der Waals surface area contributed by atoms with E-state index in [1.165, 1.54) is 32.1 Å². The van der Waals surface area contributed by atoms with Gasteiger partial charge in [-0.25, -0.2) is 0 Å².